The number of quaternary nitrogens is 1. The minimum atomic E-state index is -4.56. The summed E-state index contributed by atoms with van der Waals surface area (Å²) in [7, 11) is 1.28. The third-order valence-corrected chi connectivity index (χ3v) is 9.61. The fourth-order valence-electron chi connectivity index (χ4n) is 5.34. The van der Waals surface area contributed by atoms with Crippen LogP contribution in [-0.4, -0.2) is 64.1 Å². The molecule has 0 bridgehead atoms. The SMILES string of the molecule is CCCCCC/C=C\C/C=C\C/C=C\C/C=C\CCC(=O)OC(CO/C=C/CCCCCCCCCCCCCC)COP(=O)([O-])OCC[N+](C)(C)C. The third kappa shape index (κ3) is 41.1. The minimum absolute atomic E-state index is 0.00221. The second-order valence-electron chi connectivity index (χ2n) is 15.1. The molecule has 0 fully saturated rings. The van der Waals surface area contributed by atoms with Gasteiger partial charge in [-0.3, -0.25) is 9.36 Å². The molecule has 0 aliphatic heterocycles. The van der Waals surface area contributed by atoms with Crippen LogP contribution in [0, 0.1) is 0 Å². The van der Waals surface area contributed by atoms with Crippen LogP contribution in [0.1, 0.15) is 162 Å². The van der Waals surface area contributed by atoms with E-state index < -0.39 is 19.9 Å². The average molecular weight is 766 g/mol. The van der Waals surface area contributed by atoms with Crippen molar-refractivity contribution in [3.63, 3.8) is 0 Å². The van der Waals surface area contributed by atoms with Crippen LogP contribution in [0.4, 0.5) is 0 Å². The minimum Gasteiger partial charge on any atom is -0.756 e. The van der Waals surface area contributed by atoms with Gasteiger partial charge in [-0.2, -0.15) is 0 Å². The summed E-state index contributed by atoms with van der Waals surface area (Å²) >= 11 is 0. The summed E-state index contributed by atoms with van der Waals surface area (Å²) in [5.41, 5.74) is 0. The van der Waals surface area contributed by atoms with Crippen molar-refractivity contribution in [2.75, 3.05) is 47.5 Å². The molecule has 0 aromatic heterocycles. The summed E-state index contributed by atoms with van der Waals surface area (Å²) in [6.45, 7) is 4.62. The maximum absolute atomic E-state index is 12.6. The highest BCUT2D eigenvalue weighted by Crippen LogP contribution is 2.38. The topological polar surface area (TPSA) is 94.1 Å². The predicted octanol–water partition coefficient (Wildman–Crippen LogP) is 11.9. The molecule has 9 heteroatoms. The molecular weight excluding hydrogens is 685 g/mol. The highest BCUT2D eigenvalue weighted by atomic mass is 31.2. The van der Waals surface area contributed by atoms with Crippen molar-refractivity contribution < 1.29 is 37.3 Å². The van der Waals surface area contributed by atoms with Crippen molar-refractivity contribution in [2.24, 2.45) is 0 Å². The van der Waals surface area contributed by atoms with Gasteiger partial charge in [-0.25, -0.2) is 0 Å². The van der Waals surface area contributed by atoms with Gasteiger partial charge in [-0.15, -0.1) is 0 Å². The van der Waals surface area contributed by atoms with E-state index in [4.69, 9.17) is 18.5 Å². The number of carbonyl (C=O) groups is 1. The van der Waals surface area contributed by atoms with Crippen LogP contribution in [0.3, 0.4) is 0 Å². The largest absolute Gasteiger partial charge is 0.756 e. The molecule has 0 aliphatic carbocycles. The van der Waals surface area contributed by atoms with Crippen LogP contribution in [0.5, 0.6) is 0 Å². The maximum atomic E-state index is 12.6. The zero-order valence-corrected chi connectivity index (χ0v) is 35.6. The number of nitrogens with zero attached hydrogens (tertiary/aromatic N) is 1. The molecule has 0 saturated heterocycles. The first-order valence-corrected chi connectivity index (χ1v) is 22.5. The Morgan fingerprint density at radius 2 is 1.06 bits per heavy atom. The summed E-state index contributed by atoms with van der Waals surface area (Å²) in [5.74, 6) is -0.435. The van der Waals surface area contributed by atoms with Gasteiger partial charge in [0, 0.05) is 6.42 Å². The molecule has 0 heterocycles. The Kier molecular flexibility index (Phi) is 35.6. The molecule has 0 N–H and O–H groups in total. The Hall–Kier alpha value is -1.96. The number of rotatable bonds is 38. The molecule has 8 nitrogen and oxygen atoms in total. The average Bonchev–Trinajstić information content (AvgIpc) is 3.11. The molecule has 0 aromatic rings. The van der Waals surface area contributed by atoms with Crippen LogP contribution < -0.4 is 4.89 Å². The maximum Gasteiger partial charge on any atom is 0.306 e. The van der Waals surface area contributed by atoms with Crippen LogP contribution in [0.15, 0.2) is 60.9 Å². The first-order chi connectivity index (χ1) is 25.6. The Bertz CT molecular complexity index is 1030. The Labute approximate surface area is 326 Å². The molecule has 0 aliphatic rings. The summed E-state index contributed by atoms with van der Waals surface area (Å²) in [5, 5.41) is 0. The first kappa shape index (κ1) is 51.0. The van der Waals surface area contributed by atoms with Gasteiger partial charge in [0.25, 0.3) is 7.82 Å². The lowest BCUT2D eigenvalue weighted by atomic mass is 10.0. The zero-order valence-electron chi connectivity index (χ0n) is 34.7. The quantitative estimate of drug-likeness (QED) is 0.0154. The molecule has 53 heavy (non-hydrogen) atoms. The summed E-state index contributed by atoms with van der Waals surface area (Å²) in [6, 6.07) is 0. The number of esters is 1. The van der Waals surface area contributed by atoms with Crippen LogP contribution >= 0.6 is 7.82 Å². The first-order valence-electron chi connectivity index (χ1n) is 21.1. The van der Waals surface area contributed by atoms with Crippen molar-refractivity contribution in [3.8, 4) is 0 Å². The Morgan fingerprint density at radius 1 is 0.604 bits per heavy atom. The van der Waals surface area contributed by atoms with Gasteiger partial charge in [0.05, 0.1) is 34.0 Å². The van der Waals surface area contributed by atoms with E-state index in [-0.39, 0.29) is 26.2 Å². The summed E-state index contributed by atoms with van der Waals surface area (Å²) in [4.78, 5) is 24.9. The number of carbonyl (C=O) groups excluding carboxylic acids is 1. The van der Waals surface area contributed by atoms with E-state index in [2.05, 4.69) is 50.3 Å². The van der Waals surface area contributed by atoms with E-state index in [0.717, 1.165) is 32.1 Å². The smallest absolute Gasteiger partial charge is 0.306 e. The van der Waals surface area contributed by atoms with Gasteiger partial charge in [-0.1, -0.05) is 152 Å². The molecule has 0 spiro atoms. The van der Waals surface area contributed by atoms with Crippen LogP contribution in [0.25, 0.3) is 0 Å². The van der Waals surface area contributed by atoms with Crippen LogP contribution in [-0.2, 0) is 27.9 Å². The summed E-state index contributed by atoms with van der Waals surface area (Å²) in [6.07, 6.45) is 46.2. The Morgan fingerprint density at radius 3 is 1.58 bits per heavy atom. The molecule has 308 valence electrons. The number of likely N-dealkylation sites (N-methyl/N-ethyl adjacent to an activating group) is 1. The van der Waals surface area contributed by atoms with E-state index in [1.807, 2.05) is 39.4 Å². The van der Waals surface area contributed by atoms with Gasteiger partial charge in [0.2, 0.25) is 0 Å². The van der Waals surface area contributed by atoms with Crippen molar-refractivity contribution in [1.29, 1.82) is 0 Å². The number of allylic oxidation sites excluding steroid dienone is 9. The predicted molar refractivity (Wildman–Crippen MR) is 221 cm³/mol. The van der Waals surface area contributed by atoms with Gasteiger partial charge in [0.15, 0.2) is 6.10 Å². The molecule has 2 unspecified atom stereocenters. The second-order valence-corrected chi connectivity index (χ2v) is 16.5. The van der Waals surface area contributed by atoms with Gasteiger partial charge >= 0.3 is 5.97 Å². The van der Waals surface area contributed by atoms with Gasteiger partial charge in [-0.05, 0) is 57.4 Å². The highest BCUT2D eigenvalue weighted by Gasteiger charge is 2.20. The lowest BCUT2D eigenvalue weighted by molar-refractivity contribution is -0.870. The molecule has 0 aromatic carbocycles. The monoisotopic (exact) mass is 766 g/mol. The van der Waals surface area contributed by atoms with E-state index in [9.17, 15) is 14.3 Å². The number of unbranched alkanes of at least 4 members (excludes halogenated alkanes) is 16. The van der Waals surface area contributed by atoms with Crippen molar-refractivity contribution in [2.45, 2.75) is 168 Å². The number of hydrogen-bond acceptors (Lipinski definition) is 7. The fourth-order valence-corrected chi connectivity index (χ4v) is 6.07. The van der Waals surface area contributed by atoms with E-state index in [1.165, 1.54) is 103 Å². The van der Waals surface area contributed by atoms with E-state index in [0.29, 0.717) is 17.4 Å². The normalized spacial score (nSPS) is 14.4. The molecule has 0 rings (SSSR count). The molecule has 0 amide bonds. The zero-order chi connectivity index (χ0) is 39.1. The number of phosphoric ester groups is 1. The van der Waals surface area contributed by atoms with Gasteiger partial charge in [0.1, 0.15) is 19.8 Å². The molecule has 0 radical (unpaired) electrons. The van der Waals surface area contributed by atoms with Gasteiger partial charge < -0.3 is 27.9 Å². The second kappa shape index (κ2) is 37.0. The van der Waals surface area contributed by atoms with E-state index >= 15 is 0 Å². The standard InChI is InChI=1S/C44H80NO7P/c1-6-8-10-12-14-16-18-20-22-23-24-25-27-29-31-33-35-37-44(46)52-43(42-51-53(47,48)50-40-38-45(3,4)5)41-49-39-36-34-32-30-28-26-21-19-17-15-13-11-9-7-2/h16,18,22-23,25,27,31,33,36,39,43H,6-15,17,19-21,24,26,28-30,32,34-35,37-38,40-42H2,1-5H3/b18-16-,23-22-,27-25-,33-31-,39-36+. The number of ether oxygens (including phenoxy) is 2. The molecular formula is C44H80NO7P. The molecule has 2 atom stereocenters. The summed E-state index contributed by atoms with van der Waals surface area (Å²) < 4.78 is 34.2. The number of hydrogen-bond donors (Lipinski definition) is 0. The lowest BCUT2D eigenvalue weighted by Crippen LogP contribution is -2.37. The van der Waals surface area contributed by atoms with E-state index in [1.54, 1.807) is 6.26 Å². The van der Waals surface area contributed by atoms with Crippen molar-refractivity contribution in [3.05, 3.63) is 60.9 Å². The van der Waals surface area contributed by atoms with Crippen LogP contribution in [0.2, 0.25) is 0 Å². The lowest BCUT2D eigenvalue weighted by Gasteiger charge is -2.28. The van der Waals surface area contributed by atoms with Crippen molar-refractivity contribution in [1.82, 2.24) is 0 Å². The van der Waals surface area contributed by atoms with Crippen molar-refractivity contribution >= 4 is 13.8 Å². The highest BCUT2D eigenvalue weighted by molar-refractivity contribution is 7.45. The Balaban J connectivity index is 4.45. The number of phosphoric acid groups is 1. The fraction of sp³-hybridized carbons (Fsp3) is 0.750. The third-order valence-electron chi connectivity index (χ3n) is 8.65. The molecule has 0 saturated carbocycles.